The van der Waals surface area contributed by atoms with Crippen LogP contribution in [-0.4, -0.2) is 29.9 Å². The average molecular weight is 398 g/mol. The first-order valence-electron chi connectivity index (χ1n) is 9.20. The van der Waals surface area contributed by atoms with Gasteiger partial charge in [-0.05, 0) is 74.0 Å². The molecule has 2 unspecified atom stereocenters. The van der Waals surface area contributed by atoms with Gasteiger partial charge in [-0.3, -0.25) is 0 Å². The normalized spacial score (nSPS) is 28.2. The Hall–Kier alpha value is -0.730. The number of hydrogen-bond acceptors (Lipinski definition) is 5. The molecular weight excluding hydrogens is 370 g/mol. The lowest BCUT2D eigenvalue weighted by atomic mass is 9.73. The summed E-state index contributed by atoms with van der Waals surface area (Å²) in [7, 11) is 4.27. The van der Waals surface area contributed by atoms with Crippen molar-refractivity contribution in [3.8, 4) is 5.75 Å². The predicted octanol–water partition coefficient (Wildman–Crippen LogP) is 3.09. The van der Waals surface area contributed by atoms with Crippen LogP contribution in [0.25, 0.3) is 0 Å². The van der Waals surface area contributed by atoms with E-state index in [1.165, 1.54) is 11.1 Å². The summed E-state index contributed by atoms with van der Waals surface area (Å²) in [6.45, 7) is 1.97. The number of carbonyl (C=O) groups excluding carboxylic acids is 1. The standard InChI is InChI=1S/C19H28O5P2/c1-11(23-25)5-6-14-15-7-12-3-2-4-18(22-10-19(21)24-26)16(12)8-13(15)9-17(14)20/h2-4,11,13-15,17,20H,5-10,25-26H2,1H3/t11-,13-,14+,15-,17+/m0/s1. The Bertz CT molecular complexity index is 638. The molecule has 1 fully saturated rings. The third-order valence-electron chi connectivity index (χ3n) is 5.96. The molecule has 26 heavy (non-hydrogen) atoms. The molecule has 0 amide bonds. The van der Waals surface area contributed by atoms with Crippen molar-refractivity contribution in [2.45, 2.75) is 51.2 Å². The van der Waals surface area contributed by atoms with Gasteiger partial charge in [0, 0.05) is 9.47 Å². The topological polar surface area (TPSA) is 65.0 Å². The number of ether oxygens (including phenoxy) is 1. The predicted molar refractivity (Wildman–Crippen MR) is 106 cm³/mol. The molecule has 1 saturated carbocycles. The molecular formula is C19H28O5P2. The van der Waals surface area contributed by atoms with Crippen molar-refractivity contribution < 1.29 is 23.7 Å². The summed E-state index contributed by atoms with van der Waals surface area (Å²) in [6.07, 6.45) is 4.60. The van der Waals surface area contributed by atoms with Gasteiger partial charge >= 0.3 is 5.97 Å². The van der Waals surface area contributed by atoms with E-state index < -0.39 is 5.97 Å². The van der Waals surface area contributed by atoms with E-state index in [2.05, 4.69) is 27.0 Å². The minimum Gasteiger partial charge on any atom is -0.482 e. The van der Waals surface area contributed by atoms with E-state index in [1.807, 2.05) is 21.6 Å². The van der Waals surface area contributed by atoms with Gasteiger partial charge in [0.05, 0.1) is 21.7 Å². The smallest absolute Gasteiger partial charge is 0.346 e. The molecule has 7 heteroatoms. The Morgan fingerprint density at radius 2 is 2.15 bits per heavy atom. The Kier molecular flexibility index (Phi) is 6.91. The minimum absolute atomic E-state index is 0.0911. The van der Waals surface area contributed by atoms with E-state index >= 15 is 0 Å². The van der Waals surface area contributed by atoms with Gasteiger partial charge in [0.25, 0.3) is 0 Å². The molecule has 2 aliphatic carbocycles. The van der Waals surface area contributed by atoms with Crippen molar-refractivity contribution in [3.63, 3.8) is 0 Å². The number of carbonyl (C=O) groups is 1. The highest BCUT2D eigenvalue weighted by Gasteiger charge is 2.44. The summed E-state index contributed by atoms with van der Waals surface area (Å²) >= 11 is 0. The van der Waals surface area contributed by atoms with E-state index in [4.69, 9.17) is 9.26 Å². The molecule has 0 saturated heterocycles. The summed E-state index contributed by atoms with van der Waals surface area (Å²) in [5, 5.41) is 10.6. The fourth-order valence-electron chi connectivity index (χ4n) is 4.61. The highest BCUT2D eigenvalue weighted by Crippen LogP contribution is 2.48. The molecule has 0 bridgehead atoms. The first-order chi connectivity index (χ1) is 12.5. The summed E-state index contributed by atoms with van der Waals surface area (Å²) in [4.78, 5) is 11.4. The lowest BCUT2D eigenvalue weighted by Gasteiger charge is -2.32. The molecule has 0 aromatic heterocycles. The van der Waals surface area contributed by atoms with Crippen molar-refractivity contribution in [2.24, 2.45) is 17.8 Å². The van der Waals surface area contributed by atoms with E-state index in [9.17, 15) is 9.90 Å². The molecule has 0 heterocycles. The van der Waals surface area contributed by atoms with Crippen LogP contribution in [0.15, 0.2) is 18.2 Å². The Labute approximate surface area is 159 Å². The monoisotopic (exact) mass is 398 g/mol. The number of rotatable bonds is 7. The molecule has 3 rings (SSSR count). The second-order valence-electron chi connectivity index (χ2n) is 7.50. The van der Waals surface area contributed by atoms with Gasteiger partial charge in [-0.25, -0.2) is 4.79 Å². The molecule has 144 valence electrons. The SMILES string of the molecule is C[C@@H](CC[C@@H]1[C@H]2Cc3cccc(OCC(=O)OP)c3C[C@H]2C[C@H]1O)OP. The van der Waals surface area contributed by atoms with Crippen LogP contribution in [0.3, 0.4) is 0 Å². The van der Waals surface area contributed by atoms with Gasteiger partial charge in [-0.15, -0.1) is 0 Å². The lowest BCUT2D eigenvalue weighted by molar-refractivity contribution is -0.135. The van der Waals surface area contributed by atoms with Crippen molar-refractivity contribution >= 4 is 24.9 Å². The molecule has 0 aliphatic heterocycles. The van der Waals surface area contributed by atoms with Crippen LogP contribution >= 0.6 is 18.9 Å². The summed E-state index contributed by atoms with van der Waals surface area (Å²) in [6, 6.07) is 6.03. The van der Waals surface area contributed by atoms with Gasteiger partial charge in [0.15, 0.2) is 6.61 Å². The molecule has 0 radical (unpaired) electrons. The first kappa shape index (κ1) is 20.0. The van der Waals surface area contributed by atoms with Crippen LogP contribution in [0.5, 0.6) is 5.75 Å². The van der Waals surface area contributed by atoms with E-state index in [0.717, 1.165) is 37.9 Å². The fourth-order valence-corrected chi connectivity index (χ4v) is 4.81. The number of hydrogen-bond donors (Lipinski definition) is 1. The van der Waals surface area contributed by atoms with Crippen molar-refractivity contribution in [1.82, 2.24) is 0 Å². The van der Waals surface area contributed by atoms with Gasteiger partial charge < -0.3 is 18.9 Å². The minimum atomic E-state index is -0.414. The van der Waals surface area contributed by atoms with E-state index in [-0.39, 0.29) is 18.8 Å². The van der Waals surface area contributed by atoms with Crippen LogP contribution in [0.2, 0.25) is 0 Å². The average Bonchev–Trinajstić information content (AvgIpc) is 2.96. The van der Waals surface area contributed by atoms with Crippen molar-refractivity contribution in [1.29, 1.82) is 0 Å². The number of fused-ring (bicyclic) bond motifs is 2. The van der Waals surface area contributed by atoms with Gasteiger partial charge in [-0.1, -0.05) is 12.1 Å². The summed E-state index contributed by atoms with van der Waals surface area (Å²) < 4.78 is 15.5. The van der Waals surface area contributed by atoms with Crippen molar-refractivity contribution in [2.75, 3.05) is 6.61 Å². The molecule has 0 spiro atoms. The molecule has 1 aromatic carbocycles. The largest absolute Gasteiger partial charge is 0.482 e. The quantitative estimate of drug-likeness (QED) is 0.715. The zero-order valence-electron chi connectivity index (χ0n) is 15.1. The number of benzene rings is 1. The fraction of sp³-hybridized carbons (Fsp3) is 0.632. The molecule has 7 atom stereocenters. The van der Waals surface area contributed by atoms with Gasteiger partial charge in [0.2, 0.25) is 0 Å². The molecule has 1 N–H and O–H groups in total. The third kappa shape index (κ3) is 4.39. The molecule has 2 aliphatic rings. The first-order valence-corrected chi connectivity index (χ1v) is 10.1. The highest BCUT2D eigenvalue weighted by atomic mass is 31.0. The zero-order chi connectivity index (χ0) is 18.7. The lowest BCUT2D eigenvalue weighted by Crippen LogP contribution is -2.28. The maximum atomic E-state index is 11.4. The van der Waals surface area contributed by atoms with Gasteiger partial charge in [-0.2, -0.15) is 0 Å². The van der Waals surface area contributed by atoms with Gasteiger partial charge in [0.1, 0.15) is 5.75 Å². The van der Waals surface area contributed by atoms with E-state index in [0.29, 0.717) is 17.8 Å². The Morgan fingerprint density at radius 1 is 1.35 bits per heavy atom. The van der Waals surface area contributed by atoms with Crippen LogP contribution < -0.4 is 4.74 Å². The Balaban J connectivity index is 1.72. The highest BCUT2D eigenvalue weighted by molar-refractivity contribution is 7.10. The van der Waals surface area contributed by atoms with Crippen LogP contribution in [-0.2, 0) is 26.7 Å². The number of aliphatic hydroxyl groups excluding tert-OH is 1. The van der Waals surface area contributed by atoms with Crippen LogP contribution in [0, 0.1) is 17.8 Å². The Morgan fingerprint density at radius 3 is 2.88 bits per heavy atom. The van der Waals surface area contributed by atoms with Crippen LogP contribution in [0.1, 0.15) is 37.3 Å². The molecule has 1 aromatic rings. The van der Waals surface area contributed by atoms with Crippen molar-refractivity contribution in [3.05, 3.63) is 29.3 Å². The second kappa shape index (κ2) is 8.97. The number of aliphatic hydroxyl groups is 1. The van der Waals surface area contributed by atoms with Crippen LogP contribution in [0.4, 0.5) is 0 Å². The maximum absolute atomic E-state index is 11.4. The molecule has 5 nitrogen and oxygen atoms in total. The zero-order valence-corrected chi connectivity index (χ0v) is 17.4. The summed E-state index contributed by atoms with van der Waals surface area (Å²) in [5.74, 6) is 1.64. The maximum Gasteiger partial charge on any atom is 0.346 e. The second-order valence-corrected chi connectivity index (χ2v) is 8.00. The van der Waals surface area contributed by atoms with E-state index in [1.54, 1.807) is 0 Å². The third-order valence-corrected chi connectivity index (χ3v) is 6.69. The summed E-state index contributed by atoms with van der Waals surface area (Å²) in [5.41, 5.74) is 2.46.